The van der Waals surface area contributed by atoms with Crippen molar-refractivity contribution in [2.24, 2.45) is 0 Å². The van der Waals surface area contributed by atoms with Crippen molar-refractivity contribution in [2.75, 3.05) is 0 Å². The number of ketones is 1. The summed E-state index contributed by atoms with van der Waals surface area (Å²) in [5.41, 5.74) is 21.5. The van der Waals surface area contributed by atoms with Crippen LogP contribution in [-0.2, 0) is 14.1 Å². The van der Waals surface area contributed by atoms with Gasteiger partial charge in [-0.2, -0.15) is 0 Å². The number of rotatable bonds is 6. The summed E-state index contributed by atoms with van der Waals surface area (Å²) < 4.78 is 14.0. The Morgan fingerprint density at radius 3 is 1.53 bits per heavy atom. The minimum atomic E-state index is -0.375. The third-order valence-electron chi connectivity index (χ3n) is 15.4. The lowest BCUT2D eigenvalue weighted by atomic mass is 9.75. The van der Waals surface area contributed by atoms with Gasteiger partial charge in [0, 0.05) is 26.8 Å². The summed E-state index contributed by atoms with van der Waals surface area (Å²) in [4.78, 5) is 14.1. The first-order chi connectivity index (χ1) is 32.6. The fourth-order valence-electron chi connectivity index (χ4n) is 11.2. The van der Waals surface area contributed by atoms with Crippen molar-refractivity contribution >= 4 is 78.1 Å². The van der Waals surface area contributed by atoms with Gasteiger partial charge in [-0.1, -0.05) is 177 Å². The van der Waals surface area contributed by atoms with Gasteiger partial charge in [0.2, 0.25) is 0 Å². The molecule has 8 aromatic carbocycles. The molecule has 0 bridgehead atoms. The van der Waals surface area contributed by atoms with Crippen molar-refractivity contribution in [3.63, 3.8) is 0 Å². The van der Waals surface area contributed by atoms with Gasteiger partial charge < -0.3 is 9.31 Å². The van der Waals surface area contributed by atoms with Crippen LogP contribution in [0.3, 0.4) is 0 Å². The average Bonchev–Trinajstić information content (AvgIpc) is 3.99. The van der Waals surface area contributed by atoms with E-state index in [0.29, 0.717) is 11.8 Å². The Labute approximate surface area is 410 Å². The highest BCUT2D eigenvalue weighted by molar-refractivity contribution is 9.10. The molecule has 336 valence electrons. The molecule has 0 amide bonds. The first-order valence-electron chi connectivity index (χ1n) is 24.1. The highest BCUT2D eigenvalue weighted by atomic mass is 79.9. The molecule has 0 radical (unpaired) electrons. The average molecular weight is 952 g/mol. The molecule has 1 saturated heterocycles. The molecule has 3 aliphatic carbocycles. The van der Waals surface area contributed by atoms with E-state index < -0.39 is 0 Å². The zero-order valence-electron chi connectivity index (χ0n) is 40.7. The van der Waals surface area contributed by atoms with Crippen molar-refractivity contribution in [1.29, 1.82) is 0 Å². The van der Waals surface area contributed by atoms with Crippen LogP contribution >= 0.6 is 15.9 Å². The fourth-order valence-corrected chi connectivity index (χ4v) is 11.7. The number of benzene rings is 8. The second-order valence-corrected chi connectivity index (χ2v) is 21.5. The largest absolute Gasteiger partial charge is 0.495 e. The molecule has 4 aliphatic rings. The molecule has 0 aromatic heterocycles. The molecule has 0 atom stereocenters. The van der Waals surface area contributed by atoms with Gasteiger partial charge in [0.15, 0.2) is 5.78 Å². The molecule has 3 nitrogen and oxygen atoms in total. The maximum Gasteiger partial charge on any atom is 0.495 e. The molecule has 1 heterocycles. The number of carbonyl (C=O) groups excluding carboxylic acids is 1. The molecule has 12 rings (SSSR count). The summed E-state index contributed by atoms with van der Waals surface area (Å²) in [7, 11) is -0.375. The van der Waals surface area contributed by atoms with Crippen LogP contribution in [0.2, 0.25) is 0 Å². The minimum absolute atomic E-state index is 0.124. The molecule has 0 saturated carbocycles. The van der Waals surface area contributed by atoms with E-state index >= 15 is 0 Å². The molecule has 1 aliphatic heterocycles. The van der Waals surface area contributed by atoms with E-state index in [0.717, 1.165) is 65.6 Å². The summed E-state index contributed by atoms with van der Waals surface area (Å²) >= 11 is 3.73. The molecule has 8 aromatic rings. The third-order valence-corrected chi connectivity index (χ3v) is 16.1. The van der Waals surface area contributed by atoms with Gasteiger partial charge in [0.1, 0.15) is 0 Å². The topological polar surface area (TPSA) is 35.5 Å². The SMILES string of the molecule is CC(C)c1cccc(C(C)C)c1-c1ccc2c(c1)-c1ccc(B3OC(C)(C)C(C)(C)O3)c3cccc-2c13.Cc1ccccc1C1=C2C(=C(c3ccccc3C)C1=O)c1ccc(Br)c3cccc2c13. The van der Waals surface area contributed by atoms with Crippen molar-refractivity contribution < 1.29 is 14.1 Å². The number of halogens is 1. The maximum absolute atomic E-state index is 14.1. The summed E-state index contributed by atoms with van der Waals surface area (Å²) in [6.45, 7) is 21.8. The smallest absolute Gasteiger partial charge is 0.399 e. The van der Waals surface area contributed by atoms with Crippen LogP contribution in [0.4, 0.5) is 0 Å². The van der Waals surface area contributed by atoms with Gasteiger partial charge in [0.05, 0.1) is 11.2 Å². The normalized spacial score (nSPS) is 16.1. The van der Waals surface area contributed by atoms with E-state index in [1.807, 2.05) is 24.3 Å². The Kier molecular flexibility index (Phi) is 10.6. The lowest BCUT2D eigenvalue weighted by molar-refractivity contribution is -0.108. The van der Waals surface area contributed by atoms with Crippen LogP contribution in [-0.4, -0.2) is 24.1 Å². The lowest BCUT2D eigenvalue weighted by Crippen LogP contribution is -2.41. The van der Waals surface area contributed by atoms with Gasteiger partial charge in [0.25, 0.3) is 0 Å². The second kappa shape index (κ2) is 16.3. The number of carbonyl (C=O) groups is 1. The van der Waals surface area contributed by atoms with Crippen LogP contribution in [0, 0.1) is 13.8 Å². The number of allylic oxidation sites excluding steroid dienone is 4. The predicted molar refractivity (Wildman–Crippen MR) is 290 cm³/mol. The summed E-state index contributed by atoms with van der Waals surface area (Å²) in [5.74, 6) is 1.05. The standard InChI is InChI=1S/C34H37BO2.C29H19BrO/c1-20(2)23-11-9-12-24(21(3)4)31(23)22-15-16-25-26-13-10-14-28-30(18-17-27(32(26)28)29(25)19-22)35-36-33(5,6)34(7,8)37-35;1-16-8-3-5-10-18(16)27-25-21-13-7-12-20-23(30)15-14-22(24(20)21)26(25)28(29(27)31)19-11-6-4-9-17(19)2/h9-21H,1-8H3;3-15H,1-2H3. The molecule has 5 heteroatoms. The van der Waals surface area contributed by atoms with E-state index in [9.17, 15) is 4.79 Å². The number of Topliss-reactive ketones (excluding diaryl/α,β-unsaturated/α-hetero) is 1. The number of aryl methyl sites for hydroxylation is 2. The quantitative estimate of drug-likeness (QED) is 0.156. The predicted octanol–water partition coefficient (Wildman–Crippen LogP) is 16.3. The van der Waals surface area contributed by atoms with Crippen molar-refractivity contribution in [3.05, 3.63) is 195 Å². The summed E-state index contributed by atoms with van der Waals surface area (Å²) in [6.07, 6.45) is 0. The zero-order chi connectivity index (χ0) is 47.6. The maximum atomic E-state index is 14.1. The molecule has 0 spiro atoms. The summed E-state index contributed by atoms with van der Waals surface area (Å²) in [5, 5.41) is 4.94. The van der Waals surface area contributed by atoms with Crippen LogP contribution in [0.5, 0.6) is 0 Å². The van der Waals surface area contributed by atoms with Gasteiger partial charge in [-0.15, -0.1) is 0 Å². The molecule has 68 heavy (non-hydrogen) atoms. The lowest BCUT2D eigenvalue weighted by Gasteiger charge is -2.32. The molecule has 0 N–H and O–H groups in total. The molecule has 1 fully saturated rings. The van der Waals surface area contributed by atoms with E-state index in [4.69, 9.17) is 9.31 Å². The number of hydrogen-bond donors (Lipinski definition) is 0. The molecular formula is C63H56BBrO3. The highest BCUT2D eigenvalue weighted by Gasteiger charge is 2.52. The Balaban J connectivity index is 0.000000151. The van der Waals surface area contributed by atoms with E-state index in [1.54, 1.807) is 0 Å². The van der Waals surface area contributed by atoms with E-state index in [-0.39, 0.29) is 24.1 Å². The van der Waals surface area contributed by atoms with Gasteiger partial charge >= 0.3 is 7.12 Å². The van der Waals surface area contributed by atoms with Crippen LogP contribution < -0.4 is 5.46 Å². The third kappa shape index (κ3) is 6.71. The van der Waals surface area contributed by atoms with E-state index in [1.165, 1.54) is 66.1 Å². The number of hydrogen-bond acceptors (Lipinski definition) is 3. The Morgan fingerprint density at radius 1 is 0.471 bits per heavy atom. The molecular weight excluding hydrogens is 895 g/mol. The minimum Gasteiger partial charge on any atom is -0.399 e. The Bertz CT molecular complexity index is 3410. The number of fused-ring (bicyclic) bond motifs is 6. The van der Waals surface area contributed by atoms with Crippen molar-refractivity contribution in [2.45, 2.75) is 92.3 Å². The first-order valence-corrected chi connectivity index (χ1v) is 24.9. The van der Waals surface area contributed by atoms with E-state index in [2.05, 4.69) is 206 Å². The van der Waals surface area contributed by atoms with Crippen molar-refractivity contribution in [1.82, 2.24) is 0 Å². The van der Waals surface area contributed by atoms with Gasteiger partial charge in [-0.05, 0) is 170 Å². The van der Waals surface area contributed by atoms with Crippen molar-refractivity contribution in [3.8, 4) is 33.4 Å². The Hall–Kier alpha value is -6.11. The molecule has 0 unspecified atom stereocenters. The zero-order valence-corrected chi connectivity index (χ0v) is 42.3. The fraction of sp³-hybridized carbons (Fsp3) is 0.222. The Morgan fingerprint density at radius 2 is 0.941 bits per heavy atom. The monoisotopic (exact) mass is 950 g/mol. The van der Waals surface area contributed by atoms with Crippen LogP contribution in [0.25, 0.3) is 77.2 Å². The summed E-state index contributed by atoms with van der Waals surface area (Å²) in [6, 6.07) is 52.1. The van der Waals surface area contributed by atoms with Crippen LogP contribution in [0.15, 0.2) is 150 Å². The van der Waals surface area contributed by atoms with Gasteiger partial charge in [-0.3, -0.25) is 4.79 Å². The first kappa shape index (κ1) is 44.4. The second-order valence-electron chi connectivity index (χ2n) is 20.7. The van der Waals surface area contributed by atoms with Crippen LogP contribution in [0.1, 0.15) is 112 Å². The van der Waals surface area contributed by atoms with Gasteiger partial charge in [-0.25, -0.2) is 0 Å². The highest BCUT2D eigenvalue weighted by Crippen LogP contribution is 2.58.